The predicted molar refractivity (Wildman–Crippen MR) is 73.3 cm³/mol. The van der Waals surface area contributed by atoms with Crippen molar-refractivity contribution in [2.75, 3.05) is 39.0 Å². The molecule has 0 unspecified atom stereocenters. The summed E-state index contributed by atoms with van der Waals surface area (Å²) in [5.74, 6) is 0.227. The van der Waals surface area contributed by atoms with Crippen LogP contribution in [0.1, 0.15) is 12.0 Å². The summed E-state index contributed by atoms with van der Waals surface area (Å²) in [5.41, 5.74) is 7.84. The second kappa shape index (κ2) is 5.87. The van der Waals surface area contributed by atoms with Crippen molar-refractivity contribution in [2.24, 2.45) is 0 Å². The van der Waals surface area contributed by atoms with E-state index in [0.717, 1.165) is 38.2 Å². The minimum Gasteiger partial charge on any atom is -0.399 e. The molecule has 0 saturated carbocycles. The van der Waals surface area contributed by atoms with E-state index in [4.69, 9.17) is 5.73 Å². The van der Waals surface area contributed by atoms with Crippen LogP contribution in [0.25, 0.3) is 0 Å². The maximum absolute atomic E-state index is 11.6. The first kappa shape index (κ1) is 12.9. The Bertz CT molecular complexity index is 419. The molecule has 0 bridgehead atoms. The smallest absolute Gasteiger partial charge is 0.236 e. The molecule has 0 atom stereocenters. The van der Waals surface area contributed by atoms with Gasteiger partial charge in [-0.15, -0.1) is 0 Å². The van der Waals surface area contributed by atoms with Gasteiger partial charge in [-0.2, -0.15) is 0 Å². The molecule has 98 valence electrons. The van der Waals surface area contributed by atoms with E-state index in [-0.39, 0.29) is 5.91 Å². The summed E-state index contributed by atoms with van der Waals surface area (Å²) in [5, 5.41) is 0. The highest BCUT2D eigenvalue weighted by Crippen LogP contribution is 2.10. The van der Waals surface area contributed by atoms with E-state index in [1.54, 1.807) is 4.90 Å². The second-order valence-corrected chi connectivity index (χ2v) is 4.94. The zero-order valence-electron chi connectivity index (χ0n) is 10.9. The third-order valence-electron chi connectivity index (χ3n) is 3.43. The molecule has 18 heavy (non-hydrogen) atoms. The summed E-state index contributed by atoms with van der Waals surface area (Å²) in [7, 11) is 1.87. The van der Waals surface area contributed by atoms with Crippen molar-refractivity contribution in [3.63, 3.8) is 0 Å². The van der Waals surface area contributed by atoms with E-state index in [9.17, 15) is 4.79 Å². The molecule has 4 heteroatoms. The van der Waals surface area contributed by atoms with E-state index < -0.39 is 0 Å². The number of anilines is 1. The third-order valence-corrected chi connectivity index (χ3v) is 3.43. The summed E-state index contributed by atoms with van der Waals surface area (Å²) in [6.45, 7) is 3.37. The number of piperazine rings is 1. The van der Waals surface area contributed by atoms with Crippen LogP contribution in [0.3, 0.4) is 0 Å². The molecular formula is C14H21N3O. The standard InChI is InChI=1S/C14H21N3O/c1-16-8-9-17(11-14(16)18)7-3-5-12-4-2-6-13(15)10-12/h2,4,6,10H,3,5,7-9,11,15H2,1H3. The zero-order chi connectivity index (χ0) is 13.0. The van der Waals surface area contributed by atoms with Gasteiger partial charge in [0.2, 0.25) is 5.91 Å². The maximum atomic E-state index is 11.6. The van der Waals surface area contributed by atoms with Crippen LogP contribution < -0.4 is 5.73 Å². The number of hydrogen-bond acceptors (Lipinski definition) is 3. The van der Waals surface area contributed by atoms with E-state index in [0.29, 0.717) is 6.54 Å². The number of nitrogens with two attached hydrogens (primary N) is 1. The molecule has 2 N–H and O–H groups in total. The molecule has 1 aliphatic rings. The van der Waals surface area contributed by atoms with Crippen molar-refractivity contribution in [2.45, 2.75) is 12.8 Å². The molecule has 2 rings (SSSR count). The summed E-state index contributed by atoms with van der Waals surface area (Å²) >= 11 is 0. The van der Waals surface area contributed by atoms with Crippen LogP contribution in [0.4, 0.5) is 5.69 Å². The molecule has 1 fully saturated rings. The van der Waals surface area contributed by atoms with E-state index in [1.807, 2.05) is 25.2 Å². The lowest BCUT2D eigenvalue weighted by Crippen LogP contribution is -2.48. The Kier molecular flexibility index (Phi) is 4.20. The fourth-order valence-electron chi connectivity index (χ4n) is 2.25. The Morgan fingerprint density at radius 1 is 1.33 bits per heavy atom. The van der Waals surface area contributed by atoms with Crippen molar-refractivity contribution in [3.05, 3.63) is 29.8 Å². The number of likely N-dealkylation sites (N-methyl/N-ethyl adjacent to an activating group) is 1. The molecule has 1 saturated heterocycles. The predicted octanol–water partition coefficient (Wildman–Crippen LogP) is 0.975. The number of carbonyl (C=O) groups excluding carboxylic acids is 1. The van der Waals surface area contributed by atoms with Crippen LogP contribution in [-0.2, 0) is 11.2 Å². The van der Waals surface area contributed by atoms with Gasteiger partial charge in [0, 0.05) is 25.8 Å². The molecule has 0 radical (unpaired) electrons. The molecule has 4 nitrogen and oxygen atoms in total. The third kappa shape index (κ3) is 3.47. The monoisotopic (exact) mass is 247 g/mol. The molecular weight excluding hydrogens is 226 g/mol. The summed E-state index contributed by atoms with van der Waals surface area (Å²) in [6, 6.07) is 8.02. The van der Waals surface area contributed by atoms with Crippen LogP contribution >= 0.6 is 0 Å². The molecule has 1 aromatic carbocycles. The Balaban J connectivity index is 1.74. The van der Waals surface area contributed by atoms with Crippen LogP contribution in [-0.4, -0.2) is 48.9 Å². The van der Waals surface area contributed by atoms with Crippen LogP contribution in [0.15, 0.2) is 24.3 Å². The van der Waals surface area contributed by atoms with E-state index in [1.165, 1.54) is 5.56 Å². The number of aryl methyl sites for hydroxylation is 1. The van der Waals surface area contributed by atoms with E-state index in [2.05, 4.69) is 11.0 Å². The first-order chi connectivity index (χ1) is 8.65. The van der Waals surface area contributed by atoms with Crippen LogP contribution in [0.2, 0.25) is 0 Å². The molecule has 1 aromatic rings. The van der Waals surface area contributed by atoms with Gasteiger partial charge in [0.1, 0.15) is 0 Å². The Morgan fingerprint density at radius 3 is 2.89 bits per heavy atom. The molecule has 0 spiro atoms. The minimum atomic E-state index is 0.227. The SMILES string of the molecule is CN1CCN(CCCc2cccc(N)c2)CC1=O. The van der Waals surface area contributed by atoms with Gasteiger partial charge in [0.05, 0.1) is 6.54 Å². The first-order valence-corrected chi connectivity index (χ1v) is 6.46. The largest absolute Gasteiger partial charge is 0.399 e. The lowest BCUT2D eigenvalue weighted by atomic mass is 10.1. The lowest BCUT2D eigenvalue weighted by molar-refractivity contribution is -0.134. The average molecular weight is 247 g/mol. The Hall–Kier alpha value is -1.55. The summed E-state index contributed by atoms with van der Waals surface area (Å²) < 4.78 is 0. The highest BCUT2D eigenvalue weighted by molar-refractivity contribution is 5.78. The van der Waals surface area contributed by atoms with Gasteiger partial charge in [-0.05, 0) is 37.1 Å². The van der Waals surface area contributed by atoms with Gasteiger partial charge in [-0.1, -0.05) is 12.1 Å². The average Bonchev–Trinajstić information content (AvgIpc) is 2.34. The Morgan fingerprint density at radius 2 is 2.17 bits per heavy atom. The van der Waals surface area contributed by atoms with E-state index >= 15 is 0 Å². The second-order valence-electron chi connectivity index (χ2n) is 4.94. The lowest BCUT2D eigenvalue weighted by Gasteiger charge is -2.31. The van der Waals surface area contributed by atoms with Crippen LogP contribution in [0, 0.1) is 0 Å². The van der Waals surface area contributed by atoms with Gasteiger partial charge >= 0.3 is 0 Å². The fraction of sp³-hybridized carbons (Fsp3) is 0.500. The quantitative estimate of drug-likeness (QED) is 0.807. The molecule has 1 amide bonds. The number of benzene rings is 1. The van der Waals surface area contributed by atoms with Gasteiger partial charge in [0.15, 0.2) is 0 Å². The molecule has 1 heterocycles. The van der Waals surface area contributed by atoms with Crippen molar-refractivity contribution in [3.8, 4) is 0 Å². The molecule has 0 aromatic heterocycles. The summed E-state index contributed by atoms with van der Waals surface area (Å²) in [6.07, 6.45) is 2.09. The first-order valence-electron chi connectivity index (χ1n) is 6.46. The topological polar surface area (TPSA) is 49.6 Å². The fourth-order valence-corrected chi connectivity index (χ4v) is 2.25. The minimum absolute atomic E-state index is 0.227. The van der Waals surface area contributed by atoms with Gasteiger partial charge in [0.25, 0.3) is 0 Å². The maximum Gasteiger partial charge on any atom is 0.236 e. The van der Waals surface area contributed by atoms with Crippen molar-refractivity contribution in [1.82, 2.24) is 9.80 Å². The summed E-state index contributed by atoms with van der Waals surface area (Å²) in [4.78, 5) is 15.6. The van der Waals surface area contributed by atoms with Gasteiger partial charge in [-0.25, -0.2) is 0 Å². The normalized spacial score (nSPS) is 17.2. The van der Waals surface area contributed by atoms with Gasteiger partial charge < -0.3 is 10.6 Å². The number of carbonyl (C=O) groups is 1. The highest BCUT2D eigenvalue weighted by Gasteiger charge is 2.19. The van der Waals surface area contributed by atoms with Crippen molar-refractivity contribution >= 4 is 11.6 Å². The van der Waals surface area contributed by atoms with Crippen LogP contribution in [0.5, 0.6) is 0 Å². The zero-order valence-corrected chi connectivity index (χ0v) is 10.9. The van der Waals surface area contributed by atoms with Gasteiger partial charge in [-0.3, -0.25) is 9.69 Å². The number of hydrogen-bond donors (Lipinski definition) is 1. The number of amides is 1. The molecule has 0 aliphatic carbocycles. The van der Waals surface area contributed by atoms with Crippen molar-refractivity contribution in [1.29, 1.82) is 0 Å². The molecule has 1 aliphatic heterocycles. The highest BCUT2D eigenvalue weighted by atomic mass is 16.2. The van der Waals surface area contributed by atoms with Crippen molar-refractivity contribution < 1.29 is 4.79 Å². The number of nitrogen functional groups attached to an aromatic ring is 1. The number of rotatable bonds is 4. The Labute approximate surface area is 108 Å². The number of nitrogens with zero attached hydrogens (tertiary/aromatic N) is 2.